The Bertz CT molecular complexity index is 126. The highest BCUT2D eigenvalue weighted by Gasteiger charge is 2.24. The SMILES string of the molecule is C[C@H]1CCC[C@H]1NC(CO)CO. The molecule has 0 spiro atoms. The topological polar surface area (TPSA) is 52.5 Å². The van der Waals surface area contributed by atoms with Crippen molar-refractivity contribution in [2.45, 2.75) is 38.3 Å². The summed E-state index contributed by atoms with van der Waals surface area (Å²) < 4.78 is 0. The molecule has 0 bridgehead atoms. The first kappa shape index (κ1) is 9.96. The monoisotopic (exact) mass is 173 g/mol. The minimum absolute atomic E-state index is 0.0275. The average molecular weight is 173 g/mol. The third-order valence-electron chi connectivity index (χ3n) is 2.75. The molecule has 1 saturated carbocycles. The zero-order valence-corrected chi connectivity index (χ0v) is 7.66. The van der Waals surface area contributed by atoms with Gasteiger partial charge in [0.15, 0.2) is 0 Å². The molecule has 0 radical (unpaired) electrons. The Hall–Kier alpha value is -0.120. The van der Waals surface area contributed by atoms with Gasteiger partial charge in [-0.3, -0.25) is 0 Å². The molecule has 3 nitrogen and oxygen atoms in total. The normalized spacial score (nSPS) is 30.0. The van der Waals surface area contributed by atoms with E-state index < -0.39 is 0 Å². The van der Waals surface area contributed by atoms with Crippen molar-refractivity contribution in [3.05, 3.63) is 0 Å². The van der Waals surface area contributed by atoms with Crippen LogP contribution in [0.3, 0.4) is 0 Å². The summed E-state index contributed by atoms with van der Waals surface area (Å²) in [5.41, 5.74) is 0. The standard InChI is InChI=1S/C9H19NO2/c1-7-3-2-4-9(7)10-8(5-11)6-12/h7-12H,2-6H2,1H3/t7-,9+/m0/s1. The summed E-state index contributed by atoms with van der Waals surface area (Å²) >= 11 is 0. The van der Waals surface area contributed by atoms with Crippen LogP contribution in [0.15, 0.2) is 0 Å². The van der Waals surface area contributed by atoms with Crippen LogP contribution in [0.2, 0.25) is 0 Å². The summed E-state index contributed by atoms with van der Waals surface area (Å²) in [6.07, 6.45) is 3.71. The average Bonchev–Trinajstić information content (AvgIpc) is 2.47. The molecule has 0 aliphatic heterocycles. The molecule has 0 unspecified atom stereocenters. The van der Waals surface area contributed by atoms with Crippen LogP contribution in [0, 0.1) is 5.92 Å². The number of hydrogen-bond donors (Lipinski definition) is 3. The van der Waals surface area contributed by atoms with Crippen LogP contribution in [-0.2, 0) is 0 Å². The molecular formula is C9H19NO2. The first-order valence-electron chi connectivity index (χ1n) is 4.75. The van der Waals surface area contributed by atoms with E-state index in [1.165, 1.54) is 19.3 Å². The number of aliphatic hydroxyl groups excluding tert-OH is 2. The van der Waals surface area contributed by atoms with Gasteiger partial charge in [-0.25, -0.2) is 0 Å². The Morgan fingerprint density at radius 2 is 2.00 bits per heavy atom. The smallest absolute Gasteiger partial charge is 0.0607 e. The van der Waals surface area contributed by atoms with Gasteiger partial charge in [0.1, 0.15) is 0 Å². The third kappa shape index (κ3) is 2.44. The Labute approximate surface area is 73.8 Å². The summed E-state index contributed by atoms with van der Waals surface area (Å²) in [6.45, 7) is 2.27. The van der Waals surface area contributed by atoms with Crippen LogP contribution in [-0.4, -0.2) is 35.5 Å². The van der Waals surface area contributed by atoms with Gasteiger partial charge in [0.2, 0.25) is 0 Å². The molecule has 72 valence electrons. The molecule has 1 fully saturated rings. The Balaban J connectivity index is 2.28. The number of hydrogen-bond acceptors (Lipinski definition) is 3. The molecule has 1 rings (SSSR count). The van der Waals surface area contributed by atoms with Crippen molar-refractivity contribution in [3.8, 4) is 0 Å². The lowest BCUT2D eigenvalue weighted by atomic mass is 10.1. The molecule has 2 atom stereocenters. The van der Waals surface area contributed by atoms with Crippen molar-refractivity contribution in [2.24, 2.45) is 5.92 Å². The Morgan fingerprint density at radius 1 is 1.33 bits per heavy atom. The predicted octanol–water partition coefficient (Wildman–Crippen LogP) is 0.118. The summed E-state index contributed by atoms with van der Waals surface area (Å²) in [7, 11) is 0. The van der Waals surface area contributed by atoms with Gasteiger partial charge in [0.05, 0.1) is 19.3 Å². The molecule has 0 saturated heterocycles. The number of rotatable bonds is 4. The first-order valence-corrected chi connectivity index (χ1v) is 4.75. The van der Waals surface area contributed by atoms with Gasteiger partial charge in [0, 0.05) is 6.04 Å². The van der Waals surface area contributed by atoms with Crippen LogP contribution in [0.4, 0.5) is 0 Å². The van der Waals surface area contributed by atoms with Gasteiger partial charge in [0.25, 0.3) is 0 Å². The second kappa shape index (κ2) is 4.80. The molecule has 3 heteroatoms. The van der Waals surface area contributed by atoms with E-state index in [4.69, 9.17) is 10.2 Å². The molecule has 0 heterocycles. The fourth-order valence-corrected chi connectivity index (χ4v) is 1.86. The molecule has 1 aliphatic rings. The fourth-order valence-electron chi connectivity index (χ4n) is 1.86. The van der Waals surface area contributed by atoms with Crippen molar-refractivity contribution >= 4 is 0 Å². The van der Waals surface area contributed by atoms with Crippen molar-refractivity contribution < 1.29 is 10.2 Å². The predicted molar refractivity (Wildman–Crippen MR) is 47.9 cm³/mol. The first-order chi connectivity index (χ1) is 5.77. The maximum absolute atomic E-state index is 8.85. The third-order valence-corrected chi connectivity index (χ3v) is 2.75. The lowest BCUT2D eigenvalue weighted by molar-refractivity contribution is 0.157. The van der Waals surface area contributed by atoms with E-state index in [2.05, 4.69) is 12.2 Å². The summed E-state index contributed by atoms with van der Waals surface area (Å²) in [5, 5.41) is 21.0. The lowest BCUT2D eigenvalue weighted by Crippen LogP contribution is -2.43. The molecule has 0 amide bonds. The zero-order chi connectivity index (χ0) is 8.97. The van der Waals surface area contributed by atoms with Crippen LogP contribution in [0.25, 0.3) is 0 Å². The highest BCUT2D eigenvalue weighted by Crippen LogP contribution is 2.24. The largest absolute Gasteiger partial charge is 0.395 e. The minimum Gasteiger partial charge on any atom is -0.395 e. The highest BCUT2D eigenvalue weighted by atomic mass is 16.3. The maximum atomic E-state index is 8.85. The molecule has 3 N–H and O–H groups in total. The van der Waals surface area contributed by atoms with Gasteiger partial charge >= 0.3 is 0 Å². The van der Waals surface area contributed by atoms with E-state index in [1.54, 1.807) is 0 Å². The summed E-state index contributed by atoms with van der Waals surface area (Å²) in [5.74, 6) is 0.686. The summed E-state index contributed by atoms with van der Waals surface area (Å²) in [6, 6.07) is 0.366. The zero-order valence-electron chi connectivity index (χ0n) is 7.66. The van der Waals surface area contributed by atoms with Crippen LogP contribution >= 0.6 is 0 Å². The van der Waals surface area contributed by atoms with E-state index >= 15 is 0 Å². The molecule has 1 aliphatic carbocycles. The summed E-state index contributed by atoms with van der Waals surface area (Å²) in [4.78, 5) is 0. The van der Waals surface area contributed by atoms with Crippen molar-refractivity contribution in [2.75, 3.05) is 13.2 Å². The van der Waals surface area contributed by atoms with E-state index in [-0.39, 0.29) is 19.3 Å². The van der Waals surface area contributed by atoms with Crippen molar-refractivity contribution in [3.63, 3.8) is 0 Å². The van der Waals surface area contributed by atoms with Gasteiger partial charge in [-0.1, -0.05) is 13.3 Å². The Morgan fingerprint density at radius 3 is 2.42 bits per heavy atom. The Kier molecular flexibility index (Phi) is 3.98. The maximum Gasteiger partial charge on any atom is 0.0607 e. The van der Waals surface area contributed by atoms with Crippen molar-refractivity contribution in [1.82, 2.24) is 5.32 Å². The van der Waals surface area contributed by atoms with Crippen LogP contribution in [0.1, 0.15) is 26.2 Å². The fraction of sp³-hybridized carbons (Fsp3) is 1.00. The van der Waals surface area contributed by atoms with Gasteiger partial charge in [-0.15, -0.1) is 0 Å². The second-order valence-electron chi connectivity index (χ2n) is 3.74. The van der Waals surface area contributed by atoms with E-state index in [1.807, 2.05) is 0 Å². The molecule has 0 aromatic carbocycles. The molecule has 12 heavy (non-hydrogen) atoms. The molecule has 0 aromatic rings. The van der Waals surface area contributed by atoms with Crippen LogP contribution in [0.5, 0.6) is 0 Å². The van der Waals surface area contributed by atoms with Crippen molar-refractivity contribution in [1.29, 1.82) is 0 Å². The lowest BCUT2D eigenvalue weighted by Gasteiger charge is -2.22. The number of aliphatic hydroxyl groups is 2. The highest BCUT2D eigenvalue weighted by molar-refractivity contribution is 4.82. The quantitative estimate of drug-likeness (QED) is 0.566. The van der Waals surface area contributed by atoms with Crippen LogP contribution < -0.4 is 5.32 Å². The van der Waals surface area contributed by atoms with Gasteiger partial charge < -0.3 is 15.5 Å². The molecular weight excluding hydrogens is 154 g/mol. The van der Waals surface area contributed by atoms with Gasteiger partial charge in [-0.2, -0.15) is 0 Å². The van der Waals surface area contributed by atoms with E-state index in [0.29, 0.717) is 12.0 Å². The molecule has 0 aromatic heterocycles. The second-order valence-corrected chi connectivity index (χ2v) is 3.74. The van der Waals surface area contributed by atoms with E-state index in [0.717, 1.165) is 0 Å². The number of nitrogens with one attached hydrogen (secondary N) is 1. The van der Waals surface area contributed by atoms with E-state index in [9.17, 15) is 0 Å². The minimum atomic E-state index is -0.129. The van der Waals surface area contributed by atoms with Gasteiger partial charge in [-0.05, 0) is 18.8 Å².